The molecule has 2 nitrogen and oxygen atoms in total. The molecule has 0 spiro atoms. The summed E-state index contributed by atoms with van der Waals surface area (Å²) in [7, 11) is 0. The van der Waals surface area contributed by atoms with Crippen molar-refractivity contribution in [3.8, 4) is 22.4 Å². The van der Waals surface area contributed by atoms with Gasteiger partial charge in [0.25, 0.3) is 0 Å². The lowest BCUT2D eigenvalue weighted by Crippen LogP contribution is -1.92. The number of pyridine rings is 2. The van der Waals surface area contributed by atoms with Crippen LogP contribution in [-0.2, 0) is 0 Å². The fraction of sp³-hybridized carbons (Fsp3) is 0. The number of hydrogen-bond donors (Lipinski definition) is 0. The molecular formula is C32H20N2. The molecule has 0 amide bonds. The van der Waals surface area contributed by atoms with E-state index in [0.717, 1.165) is 22.3 Å². The van der Waals surface area contributed by atoms with Gasteiger partial charge in [0, 0.05) is 38.9 Å². The van der Waals surface area contributed by atoms with Crippen LogP contribution in [0.5, 0.6) is 0 Å². The first-order valence-electron chi connectivity index (χ1n) is 11.5. The van der Waals surface area contributed by atoms with Gasteiger partial charge in [0.05, 0.1) is 16.7 Å². The third kappa shape index (κ3) is 2.89. The summed E-state index contributed by atoms with van der Waals surface area (Å²) in [5.41, 5.74) is 6.56. The molecule has 2 heteroatoms. The quantitative estimate of drug-likeness (QED) is 0.202. The van der Waals surface area contributed by atoms with Crippen molar-refractivity contribution in [3.63, 3.8) is 0 Å². The second-order valence-electron chi connectivity index (χ2n) is 8.65. The van der Waals surface area contributed by atoms with Crippen LogP contribution < -0.4 is 0 Å². The molecule has 0 radical (unpaired) electrons. The van der Waals surface area contributed by atoms with Gasteiger partial charge in [0.15, 0.2) is 0 Å². The number of aromatic nitrogens is 2. The summed E-state index contributed by atoms with van der Waals surface area (Å²) >= 11 is 0. The van der Waals surface area contributed by atoms with E-state index >= 15 is 0 Å². The van der Waals surface area contributed by atoms with Crippen molar-refractivity contribution < 1.29 is 0 Å². The van der Waals surface area contributed by atoms with Gasteiger partial charge in [-0.25, -0.2) is 4.98 Å². The van der Waals surface area contributed by atoms with Crippen LogP contribution in [-0.4, -0.2) is 9.97 Å². The molecule has 0 saturated carbocycles. The Morgan fingerprint density at radius 3 is 1.71 bits per heavy atom. The van der Waals surface area contributed by atoms with E-state index in [4.69, 9.17) is 4.98 Å². The number of hydrogen-bond acceptors (Lipinski definition) is 2. The van der Waals surface area contributed by atoms with Crippen molar-refractivity contribution in [1.82, 2.24) is 9.97 Å². The third-order valence-corrected chi connectivity index (χ3v) is 6.68. The Balaban J connectivity index is 1.65. The molecule has 0 saturated heterocycles. The standard InChI is InChI=1S/C32H20N2/c1-3-12-25-21(8-1)15-17-27-30(24-11-7-10-23(20-24)29-14-5-6-19-33-29)28-18-16-22-9-2-4-13-26(22)32(28)34-31(25)27/h1-20H. The Morgan fingerprint density at radius 1 is 0.441 bits per heavy atom. The molecule has 0 N–H and O–H groups in total. The van der Waals surface area contributed by atoms with Gasteiger partial charge in [-0.2, -0.15) is 0 Å². The van der Waals surface area contributed by atoms with Gasteiger partial charge in [-0.05, 0) is 34.5 Å². The molecular weight excluding hydrogens is 412 g/mol. The predicted molar refractivity (Wildman–Crippen MR) is 143 cm³/mol. The number of fused-ring (bicyclic) bond motifs is 6. The highest BCUT2D eigenvalue weighted by Crippen LogP contribution is 2.40. The van der Waals surface area contributed by atoms with E-state index in [-0.39, 0.29) is 0 Å². The second-order valence-corrected chi connectivity index (χ2v) is 8.65. The minimum Gasteiger partial charge on any atom is -0.256 e. The van der Waals surface area contributed by atoms with Crippen molar-refractivity contribution in [2.24, 2.45) is 0 Å². The summed E-state index contributed by atoms with van der Waals surface area (Å²) in [5, 5.41) is 7.10. The van der Waals surface area contributed by atoms with E-state index in [9.17, 15) is 0 Å². The minimum absolute atomic E-state index is 0.975. The van der Waals surface area contributed by atoms with Crippen molar-refractivity contribution in [3.05, 3.63) is 121 Å². The number of benzene rings is 5. The van der Waals surface area contributed by atoms with E-state index in [1.165, 1.54) is 43.4 Å². The Bertz CT molecular complexity index is 1760. The average Bonchev–Trinajstić information content (AvgIpc) is 2.92. The molecule has 158 valence electrons. The SMILES string of the molecule is c1ccc(-c2cccc(-c3c4ccc5ccccc5c4nc4c3ccc3ccccc34)c2)nc1. The first kappa shape index (κ1) is 19.0. The van der Waals surface area contributed by atoms with Crippen LogP contribution >= 0.6 is 0 Å². The maximum absolute atomic E-state index is 5.29. The molecule has 0 aliphatic carbocycles. The van der Waals surface area contributed by atoms with Crippen molar-refractivity contribution in [2.75, 3.05) is 0 Å². The molecule has 0 aliphatic rings. The summed E-state index contributed by atoms with van der Waals surface area (Å²) < 4.78 is 0. The van der Waals surface area contributed by atoms with Gasteiger partial charge in [0.2, 0.25) is 0 Å². The van der Waals surface area contributed by atoms with Gasteiger partial charge < -0.3 is 0 Å². The number of rotatable bonds is 2. The summed E-state index contributed by atoms with van der Waals surface area (Å²) in [5.74, 6) is 0. The van der Waals surface area contributed by atoms with E-state index in [2.05, 4.69) is 108 Å². The molecule has 2 heterocycles. The third-order valence-electron chi connectivity index (χ3n) is 6.68. The lowest BCUT2D eigenvalue weighted by atomic mass is 9.91. The van der Waals surface area contributed by atoms with E-state index in [1.807, 2.05) is 18.3 Å². The van der Waals surface area contributed by atoms with Gasteiger partial charge in [0.1, 0.15) is 0 Å². The topological polar surface area (TPSA) is 25.8 Å². The highest BCUT2D eigenvalue weighted by Gasteiger charge is 2.15. The minimum atomic E-state index is 0.975. The van der Waals surface area contributed by atoms with Crippen LogP contribution in [0.1, 0.15) is 0 Å². The van der Waals surface area contributed by atoms with E-state index < -0.39 is 0 Å². The summed E-state index contributed by atoms with van der Waals surface area (Å²) in [6.07, 6.45) is 1.84. The van der Waals surface area contributed by atoms with Crippen molar-refractivity contribution >= 4 is 43.4 Å². The van der Waals surface area contributed by atoms with Gasteiger partial charge in [-0.1, -0.05) is 97.1 Å². The van der Waals surface area contributed by atoms with E-state index in [1.54, 1.807) is 0 Å². The predicted octanol–water partition coefficient (Wildman–Crippen LogP) is 8.42. The average molecular weight is 433 g/mol. The summed E-state index contributed by atoms with van der Waals surface area (Å²) in [6, 6.07) is 40.6. The Kier molecular flexibility index (Phi) is 4.18. The molecule has 7 aromatic rings. The highest BCUT2D eigenvalue weighted by atomic mass is 14.7. The normalized spacial score (nSPS) is 11.5. The fourth-order valence-corrected chi connectivity index (χ4v) is 5.09. The largest absolute Gasteiger partial charge is 0.256 e. The lowest BCUT2D eigenvalue weighted by molar-refractivity contribution is 1.33. The van der Waals surface area contributed by atoms with Gasteiger partial charge in [-0.3, -0.25) is 4.98 Å². The smallest absolute Gasteiger partial charge is 0.0794 e. The Labute approximate surface area is 197 Å². The van der Waals surface area contributed by atoms with Crippen molar-refractivity contribution in [1.29, 1.82) is 0 Å². The Morgan fingerprint density at radius 2 is 1.06 bits per heavy atom. The first-order valence-corrected chi connectivity index (χ1v) is 11.5. The zero-order valence-electron chi connectivity index (χ0n) is 18.4. The Hall–Kier alpha value is -4.56. The van der Waals surface area contributed by atoms with E-state index in [0.29, 0.717) is 0 Å². The molecule has 0 atom stereocenters. The van der Waals surface area contributed by atoms with Crippen LogP contribution in [0.3, 0.4) is 0 Å². The molecule has 5 aromatic carbocycles. The number of nitrogens with zero attached hydrogens (tertiary/aromatic N) is 2. The van der Waals surface area contributed by atoms with Crippen molar-refractivity contribution in [2.45, 2.75) is 0 Å². The molecule has 0 fully saturated rings. The molecule has 0 aliphatic heterocycles. The first-order chi connectivity index (χ1) is 16.9. The zero-order chi connectivity index (χ0) is 22.5. The summed E-state index contributed by atoms with van der Waals surface area (Å²) in [6.45, 7) is 0. The fourth-order valence-electron chi connectivity index (χ4n) is 5.09. The summed E-state index contributed by atoms with van der Waals surface area (Å²) in [4.78, 5) is 9.87. The molecule has 7 rings (SSSR count). The molecule has 0 unspecified atom stereocenters. The zero-order valence-corrected chi connectivity index (χ0v) is 18.4. The molecule has 34 heavy (non-hydrogen) atoms. The second kappa shape index (κ2) is 7.50. The maximum atomic E-state index is 5.29. The van der Waals surface area contributed by atoms with Crippen LogP contribution in [0, 0.1) is 0 Å². The monoisotopic (exact) mass is 432 g/mol. The molecule has 0 bridgehead atoms. The maximum Gasteiger partial charge on any atom is 0.0794 e. The van der Waals surface area contributed by atoms with Crippen LogP contribution in [0.25, 0.3) is 65.7 Å². The van der Waals surface area contributed by atoms with Crippen LogP contribution in [0.4, 0.5) is 0 Å². The molecule has 2 aromatic heterocycles. The lowest BCUT2D eigenvalue weighted by Gasteiger charge is -2.15. The van der Waals surface area contributed by atoms with Crippen LogP contribution in [0.2, 0.25) is 0 Å². The van der Waals surface area contributed by atoms with Gasteiger partial charge >= 0.3 is 0 Å². The van der Waals surface area contributed by atoms with Gasteiger partial charge in [-0.15, -0.1) is 0 Å². The highest BCUT2D eigenvalue weighted by molar-refractivity contribution is 6.21. The van der Waals surface area contributed by atoms with Crippen LogP contribution in [0.15, 0.2) is 121 Å².